The minimum absolute atomic E-state index is 0.166. The van der Waals surface area contributed by atoms with Crippen LogP contribution in [-0.2, 0) is 19.7 Å². The number of amides is 1. The molecule has 0 bridgehead atoms. The van der Waals surface area contributed by atoms with Crippen molar-refractivity contribution in [2.75, 3.05) is 25.7 Å². The molecular weight excluding hydrogens is 518 g/mol. The zero-order chi connectivity index (χ0) is 27.4. The number of sulfone groups is 2. The first-order valence-electron chi connectivity index (χ1n) is 11.7. The molecule has 0 aliphatic heterocycles. The van der Waals surface area contributed by atoms with Gasteiger partial charge in [0, 0.05) is 6.20 Å². The smallest absolute Gasteiger partial charge is 0.289 e. The van der Waals surface area contributed by atoms with Crippen LogP contribution in [0.5, 0.6) is 11.5 Å². The lowest BCUT2D eigenvalue weighted by Gasteiger charge is -2.09. The highest BCUT2D eigenvalue weighted by Crippen LogP contribution is 2.36. The van der Waals surface area contributed by atoms with Gasteiger partial charge in [0.2, 0.25) is 0 Å². The maximum Gasteiger partial charge on any atom is 0.289 e. The number of fused-ring (bicyclic) bond motifs is 1. The lowest BCUT2D eigenvalue weighted by molar-refractivity contribution is 0.0945. The van der Waals surface area contributed by atoms with Gasteiger partial charge in [0.05, 0.1) is 37.5 Å². The third-order valence-electron chi connectivity index (χ3n) is 5.64. The normalized spacial score (nSPS) is 12.2. The Morgan fingerprint density at radius 2 is 1.59 bits per heavy atom. The number of carbonyl (C=O) groups is 1. The number of rotatable bonds is 11. The molecule has 1 N–H and O–H groups in total. The molecule has 10 nitrogen and oxygen atoms in total. The van der Waals surface area contributed by atoms with Crippen LogP contribution in [0, 0.1) is 6.92 Å². The van der Waals surface area contributed by atoms with Crippen LogP contribution in [0.2, 0.25) is 0 Å². The summed E-state index contributed by atoms with van der Waals surface area (Å²) in [5, 5.41) is 3.98. The van der Waals surface area contributed by atoms with Crippen molar-refractivity contribution in [2.45, 2.75) is 43.4 Å². The number of hydrogen-bond acceptors (Lipinski definition) is 8. The van der Waals surface area contributed by atoms with Gasteiger partial charge in [-0.1, -0.05) is 19.9 Å². The predicted octanol–water partition coefficient (Wildman–Crippen LogP) is 3.40. The number of aromatic nitrogens is 1. The van der Waals surface area contributed by atoms with E-state index >= 15 is 0 Å². The standard InChI is InChI=1S/C25H31N3O7S2/c1-6-13-36(30,31)23-21-17(3)9-8-12-28(21)22(24(23)37(32,33)14-7-2)25(29)27-26-16-18-10-11-19(34-4)20(15-18)35-5/h8-12,15-16H,6-7,13-14H2,1-5H3,(H,27,29). The van der Waals surface area contributed by atoms with Crippen LogP contribution < -0.4 is 14.9 Å². The Morgan fingerprint density at radius 3 is 2.19 bits per heavy atom. The highest BCUT2D eigenvalue weighted by atomic mass is 32.2. The number of methoxy groups -OCH3 is 2. The van der Waals surface area contributed by atoms with Gasteiger partial charge in [0.1, 0.15) is 15.5 Å². The van der Waals surface area contributed by atoms with E-state index in [-0.39, 0.29) is 40.5 Å². The number of benzene rings is 1. The Kier molecular flexibility index (Phi) is 8.64. The average Bonchev–Trinajstić information content (AvgIpc) is 3.22. The minimum atomic E-state index is -4.13. The molecule has 1 aromatic carbocycles. The van der Waals surface area contributed by atoms with E-state index < -0.39 is 30.5 Å². The quantitative estimate of drug-likeness (QED) is 0.286. The van der Waals surface area contributed by atoms with Crippen LogP contribution in [0.15, 0.2) is 51.4 Å². The van der Waals surface area contributed by atoms with Crippen LogP contribution in [-0.4, -0.2) is 59.1 Å². The highest BCUT2D eigenvalue weighted by Gasteiger charge is 2.37. The number of pyridine rings is 1. The molecule has 0 fully saturated rings. The van der Waals surface area contributed by atoms with Gasteiger partial charge in [-0.15, -0.1) is 0 Å². The van der Waals surface area contributed by atoms with Gasteiger partial charge >= 0.3 is 0 Å². The zero-order valence-electron chi connectivity index (χ0n) is 21.4. The number of nitrogens with zero attached hydrogens (tertiary/aromatic N) is 2. The fourth-order valence-corrected chi connectivity index (χ4v) is 8.14. The maximum atomic E-state index is 13.4. The molecule has 3 aromatic rings. The number of hydrazone groups is 1. The number of aryl methyl sites for hydroxylation is 1. The zero-order valence-corrected chi connectivity index (χ0v) is 23.1. The van der Waals surface area contributed by atoms with Gasteiger partial charge < -0.3 is 13.9 Å². The van der Waals surface area contributed by atoms with E-state index in [4.69, 9.17) is 9.47 Å². The van der Waals surface area contributed by atoms with E-state index in [9.17, 15) is 21.6 Å². The molecule has 0 saturated carbocycles. The molecule has 0 spiro atoms. The number of ether oxygens (including phenoxy) is 2. The van der Waals surface area contributed by atoms with Crippen LogP contribution >= 0.6 is 0 Å². The summed E-state index contributed by atoms with van der Waals surface area (Å²) in [5.41, 5.74) is 3.33. The molecule has 3 rings (SSSR count). The molecule has 37 heavy (non-hydrogen) atoms. The molecule has 0 aliphatic rings. The Labute approximate surface area is 217 Å². The Bertz CT molecular complexity index is 1560. The summed E-state index contributed by atoms with van der Waals surface area (Å²) < 4.78 is 65.3. The molecule has 2 heterocycles. The van der Waals surface area contributed by atoms with E-state index in [1.807, 2.05) is 0 Å². The van der Waals surface area contributed by atoms with Gasteiger partial charge in [0.25, 0.3) is 5.91 Å². The number of carbonyl (C=O) groups excluding carboxylic acids is 1. The SMILES string of the molecule is CCCS(=O)(=O)c1c(S(=O)(=O)CCC)c2c(C)cccn2c1C(=O)NN=Cc1ccc(OC)c(OC)c1. The Hall–Kier alpha value is -3.38. The summed E-state index contributed by atoms with van der Waals surface area (Å²) in [6.45, 7) is 5.04. The fraction of sp³-hybridized carbons (Fsp3) is 0.360. The molecular formula is C25H31N3O7S2. The third-order valence-corrected chi connectivity index (χ3v) is 9.70. The van der Waals surface area contributed by atoms with Gasteiger partial charge in [-0.25, -0.2) is 22.3 Å². The molecule has 0 radical (unpaired) electrons. The van der Waals surface area contributed by atoms with Gasteiger partial charge in [-0.2, -0.15) is 5.10 Å². The molecule has 0 unspecified atom stereocenters. The second-order valence-electron chi connectivity index (χ2n) is 8.37. The first-order valence-corrected chi connectivity index (χ1v) is 15.0. The topological polar surface area (TPSA) is 133 Å². The summed E-state index contributed by atoms with van der Waals surface area (Å²) >= 11 is 0. The first-order chi connectivity index (χ1) is 17.5. The lowest BCUT2D eigenvalue weighted by atomic mass is 10.2. The lowest BCUT2D eigenvalue weighted by Crippen LogP contribution is -2.23. The highest BCUT2D eigenvalue weighted by molar-refractivity contribution is 7.94. The monoisotopic (exact) mass is 549 g/mol. The largest absolute Gasteiger partial charge is 0.493 e. The predicted molar refractivity (Wildman–Crippen MR) is 141 cm³/mol. The van der Waals surface area contributed by atoms with Gasteiger partial charge in [-0.05, 0) is 55.2 Å². The molecule has 200 valence electrons. The van der Waals surface area contributed by atoms with Crippen molar-refractivity contribution in [3.63, 3.8) is 0 Å². The van der Waals surface area contributed by atoms with Crippen molar-refractivity contribution in [1.82, 2.24) is 9.83 Å². The Balaban J connectivity index is 2.19. The molecule has 12 heteroatoms. The Morgan fingerprint density at radius 1 is 0.973 bits per heavy atom. The van der Waals surface area contributed by atoms with E-state index in [0.717, 1.165) is 0 Å². The van der Waals surface area contributed by atoms with E-state index in [2.05, 4.69) is 10.5 Å². The summed E-state index contributed by atoms with van der Waals surface area (Å²) in [6, 6.07) is 8.31. The second-order valence-corrected chi connectivity index (χ2v) is 12.5. The molecule has 2 aromatic heterocycles. The number of nitrogens with one attached hydrogen (secondary N) is 1. The molecule has 0 aliphatic carbocycles. The van der Waals surface area contributed by atoms with Crippen molar-refractivity contribution in [1.29, 1.82) is 0 Å². The maximum absolute atomic E-state index is 13.4. The summed E-state index contributed by atoms with van der Waals surface area (Å²) in [5.74, 6) is -0.444. The van der Waals surface area contributed by atoms with Crippen molar-refractivity contribution in [3.05, 3.63) is 53.3 Å². The van der Waals surface area contributed by atoms with Crippen molar-refractivity contribution >= 4 is 37.3 Å². The van der Waals surface area contributed by atoms with Crippen LogP contribution in [0.25, 0.3) is 5.52 Å². The third kappa shape index (κ3) is 5.64. The number of hydrogen-bond donors (Lipinski definition) is 1. The summed E-state index contributed by atoms with van der Waals surface area (Å²) in [7, 11) is -5.16. The van der Waals surface area contributed by atoms with Gasteiger partial charge in [-0.3, -0.25) is 4.79 Å². The molecule has 0 saturated heterocycles. The van der Waals surface area contributed by atoms with Crippen molar-refractivity contribution in [3.8, 4) is 11.5 Å². The summed E-state index contributed by atoms with van der Waals surface area (Å²) in [6.07, 6.45) is 3.37. The van der Waals surface area contributed by atoms with Gasteiger partial charge in [0.15, 0.2) is 31.2 Å². The van der Waals surface area contributed by atoms with Crippen LogP contribution in [0.4, 0.5) is 0 Å². The molecule has 1 amide bonds. The minimum Gasteiger partial charge on any atom is -0.493 e. The van der Waals surface area contributed by atoms with E-state index in [1.165, 1.54) is 31.0 Å². The van der Waals surface area contributed by atoms with Crippen LogP contribution in [0.3, 0.4) is 0 Å². The van der Waals surface area contributed by atoms with E-state index in [1.54, 1.807) is 51.1 Å². The fourth-order valence-electron chi connectivity index (χ4n) is 4.10. The first kappa shape index (κ1) is 28.2. The van der Waals surface area contributed by atoms with E-state index in [0.29, 0.717) is 22.6 Å². The second kappa shape index (κ2) is 11.3. The van der Waals surface area contributed by atoms with Crippen LogP contribution in [0.1, 0.15) is 48.3 Å². The summed E-state index contributed by atoms with van der Waals surface area (Å²) in [4.78, 5) is 12.6. The average molecular weight is 550 g/mol. The molecule has 0 atom stereocenters. The van der Waals surface area contributed by atoms with Crippen molar-refractivity contribution < 1.29 is 31.1 Å². The van der Waals surface area contributed by atoms with Crippen molar-refractivity contribution in [2.24, 2.45) is 5.10 Å².